The molecule has 90 valence electrons. The molecule has 0 aromatic heterocycles. The van der Waals surface area contributed by atoms with Gasteiger partial charge in [0.15, 0.2) is 9.84 Å². The number of nitro groups is 1. The summed E-state index contributed by atoms with van der Waals surface area (Å²) in [6, 6.07) is 3.52. The average Bonchev–Trinajstić information content (AvgIpc) is 2.24. The number of carbonyl (C=O) groups is 1. The molecule has 0 saturated carbocycles. The van der Waals surface area contributed by atoms with Crippen LogP contribution in [0.3, 0.4) is 0 Å². The summed E-state index contributed by atoms with van der Waals surface area (Å²) in [7, 11) is -3.49. The zero-order chi connectivity index (χ0) is 13.1. The molecule has 0 spiro atoms. The van der Waals surface area contributed by atoms with Crippen molar-refractivity contribution in [2.45, 2.75) is 4.90 Å². The zero-order valence-corrected chi connectivity index (χ0v) is 9.68. The molecule has 0 atom stereocenters. The largest absolute Gasteiger partial charge is 0.299 e. The Bertz CT molecular complexity index is 589. The highest BCUT2D eigenvalue weighted by molar-refractivity contribution is 7.90. The van der Waals surface area contributed by atoms with Crippen molar-refractivity contribution in [3.05, 3.63) is 40.0 Å². The molecule has 0 amide bonds. The zero-order valence-electron chi connectivity index (χ0n) is 8.86. The molecule has 0 saturated heterocycles. The molecule has 0 unspecified atom stereocenters. The van der Waals surface area contributed by atoms with Crippen molar-refractivity contribution in [2.75, 3.05) is 6.26 Å². The number of nitro benzene ring substituents is 1. The van der Waals surface area contributed by atoms with Crippen molar-refractivity contribution in [3.63, 3.8) is 0 Å². The second-order valence-electron chi connectivity index (χ2n) is 3.25. The number of hydrogen-bond donors (Lipinski definition) is 0. The maximum atomic E-state index is 11.2. The molecule has 6 nitrogen and oxygen atoms in total. The highest BCUT2D eigenvalue weighted by atomic mass is 32.2. The van der Waals surface area contributed by atoms with E-state index in [2.05, 4.69) is 0 Å². The van der Waals surface area contributed by atoms with Crippen LogP contribution in [0.2, 0.25) is 0 Å². The van der Waals surface area contributed by atoms with Crippen molar-refractivity contribution < 1.29 is 18.1 Å². The Balaban J connectivity index is 3.42. The maximum absolute atomic E-state index is 11.2. The van der Waals surface area contributed by atoms with Crippen molar-refractivity contribution in [3.8, 4) is 0 Å². The third-order valence-corrected chi connectivity index (χ3v) is 3.09. The van der Waals surface area contributed by atoms with Crippen LogP contribution in [0.5, 0.6) is 0 Å². The fourth-order valence-electron chi connectivity index (χ4n) is 1.20. The molecule has 0 aliphatic heterocycles. The predicted molar refractivity (Wildman–Crippen MR) is 61.3 cm³/mol. The van der Waals surface area contributed by atoms with Crippen LogP contribution in [-0.2, 0) is 14.6 Å². The average molecular weight is 255 g/mol. The van der Waals surface area contributed by atoms with Crippen LogP contribution in [0.4, 0.5) is 5.69 Å². The summed E-state index contributed by atoms with van der Waals surface area (Å²) < 4.78 is 22.5. The lowest BCUT2D eigenvalue weighted by molar-refractivity contribution is -0.385. The van der Waals surface area contributed by atoms with Gasteiger partial charge in [0.25, 0.3) is 5.69 Å². The van der Waals surface area contributed by atoms with Crippen LogP contribution < -0.4 is 0 Å². The van der Waals surface area contributed by atoms with E-state index in [-0.39, 0.29) is 16.1 Å². The molecule has 0 N–H and O–H groups in total. The first-order valence-electron chi connectivity index (χ1n) is 4.46. The van der Waals surface area contributed by atoms with Gasteiger partial charge < -0.3 is 0 Å². The van der Waals surface area contributed by atoms with E-state index in [9.17, 15) is 23.3 Å². The first kappa shape index (κ1) is 13.0. The highest BCUT2D eigenvalue weighted by Gasteiger charge is 2.16. The van der Waals surface area contributed by atoms with Crippen molar-refractivity contribution in [1.29, 1.82) is 0 Å². The molecule has 0 aliphatic rings. The van der Waals surface area contributed by atoms with Crippen LogP contribution in [0, 0.1) is 10.1 Å². The molecule has 17 heavy (non-hydrogen) atoms. The highest BCUT2D eigenvalue weighted by Crippen LogP contribution is 2.23. The van der Waals surface area contributed by atoms with Crippen LogP contribution in [0.1, 0.15) is 5.56 Å². The third kappa shape index (κ3) is 3.22. The molecule has 1 rings (SSSR count). The summed E-state index contributed by atoms with van der Waals surface area (Å²) in [6.45, 7) is 0. The van der Waals surface area contributed by atoms with E-state index in [1.807, 2.05) is 0 Å². The van der Waals surface area contributed by atoms with Gasteiger partial charge in [0.1, 0.15) is 6.29 Å². The molecule has 0 aliphatic carbocycles. The van der Waals surface area contributed by atoms with Gasteiger partial charge in [-0.05, 0) is 24.3 Å². The van der Waals surface area contributed by atoms with Crippen LogP contribution in [-0.4, -0.2) is 25.9 Å². The number of sulfone groups is 1. The number of benzene rings is 1. The van der Waals surface area contributed by atoms with Crippen LogP contribution >= 0.6 is 0 Å². The van der Waals surface area contributed by atoms with Gasteiger partial charge in [-0.1, -0.05) is 0 Å². The monoisotopic (exact) mass is 255 g/mol. The van der Waals surface area contributed by atoms with Crippen LogP contribution in [0.25, 0.3) is 6.08 Å². The molecule has 0 fully saturated rings. The van der Waals surface area contributed by atoms with E-state index in [0.717, 1.165) is 18.4 Å². The Kier molecular flexibility index (Phi) is 3.74. The second-order valence-corrected chi connectivity index (χ2v) is 5.26. The minimum atomic E-state index is -3.49. The van der Waals surface area contributed by atoms with E-state index in [0.29, 0.717) is 6.29 Å². The summed E-state index contributed by atoms with van der Waals surface area (Å²) in [4.78, 5) is 20.1. The Labute approximate surface area is 97.6 Å². The second kappa shape index (κ2) is 4.88. The summed E-state index contributed by atoms with van der Waals surface area (Å²) in [5, 5.41) is 10.8. The number of rotatable bonds is 4. The lowest BCUT2D eigenvalue weighted by Crippen LogP contribution is -2.00. The summed E-state index contributed by atoms with van der Waals surface area (Å²) in [6.07, 6.45) is 3.79. The van der Waals surface area contributed by atoms with Crippen molar-refractivity contribution in [1.82, 2.24) is 0 Å². The molecule has 0 radical (unpaired) electrons. The lowest BCUT2D eigenvalue weighted by atomic mass is 10.1. The van der Waals surface area contributed by atoms with E-state index >= 15 is 0 Å². The van der Waals surface area contributed by atoms with Crippen LogP contribution in [0.15, 0.2) is 29.2 Å². The molecule has 0 bridgehead atoms. The van der Waals surface area contributed by atoms with Gasteiger partial charge in [-0.15, -0.1) is 0 Å². The minimum absolute atomic E-state index is 0.132. The Morgan fingerprint density at radius 3 is 2.47 bits per heavy atom. The van der Waals surface area contributed by atoms with Gasteiger partial charge in [-0.25, -0.2) is 8.42 Å². The number of aldehydes is 1. The van der Waals surface area contributed by atoms with Crippen molar-refractivity contribution >= 4 is 27.9 Å². The van der Waals surface area contributed by atoms with Gasteiger partial charge in [0, 0.05) is 12.3 Å². The van der Waals surface area contributed by atoms with E-state index in [1.165, 1.54) is 18.2 Å². The molecular formula is C10H9NO5S. The first-order valence-corrected chi connectivity index (χ1v) is 6.35. The quantitative estimate of drug-likeness (QED) is 0.349. The fourth-order valence-corrected chi connectivity index (χ4v) is 1.84. The molecule has 1 aromatic carbocycles. The van der Waals surface area contributed by atoms with Gasteiger partial charge in [-0.3, -0.25) is 14.9 Å². The smallest absolute Gasteiger partial charge is 0.277 e. The summed E-state index contributed by atoms with van der Waals surface area (Å²) in [5.74, 6) is 0. The fraction of sp³-hybridized carbons (Fsp3) is 0.100. The Morgan fingerprint density at radius 1 is 1.35 bits per heavy atom. The molecular weight excluding hydrogens is 246 g/mol. The maximum Gasteiger partial charge on any atom is 0.277 e. The first-order chi connectivity index (χ1) is 7.86. The van der Waals surface area contributed by atoms with E-state index in [4.69, 9.17) is 0 Å². The van der Waals surface area contributed by atoms with Gasteiger partial charge in [0.05, 0.1) is 15.4 Å². The summed E-state index contributed by atoms with van der Waals surface area (Å²) in [5.41, 5.74) is -0.180. The number of nitrogens with zero attached hydrogens (tertiary/aromatic N) is 1. The van der Waals surface area contributed by atoms with E-state index in [1.54, 1.807) is 0 Å². The number of allylic oxidation sites excluding steroid dienone is 1. The van der Waals surface area contributed by atoms with Crippen molar-refractivity contribution in [2.24, 2.45) is 0 Å². The normalized spacial score (nSPS) is 11.6. The molecule has 0 heterocycles. The summed E-state index contributed by atoms with van der Waals surface area (Å²) >= 11 is 0. The topological polar surface area (TPSA) is 94.3 Å². The predicted octanol–water partition coefficient (Wildman–Crippen LogP) is 1.21. The SMILES string of the molecule is CS(=O)(=O)c1ccc(C=CC=O)c([N+](=O)[O-])c1. The Morgan fingerprint density at radius 2 is 2.00 bits per heavy atom. The minimum Gasteiger partial charge on any atom is -0.299 e. The van der Waals surface area contributed by atoms with Gasteiger partial charge in [0.2, 0.25) is 0 Å². The molecule has 7 heteroatoms. The van der Waals surface area contributed by atoms with Gasteiger partial charge in [-0.2, -0.15) is 0 Å². The number of hydrogen-bond acceptors (Lipinski definition) is 5. The third-order valence-electron chi connectivity index (χ3n) is 1.98. The standard InChI is InChI=1S/C10H9NO5S/c1-17(15,16)9-5-4-8(3-2-6-12)10(7-9)11(13)14/h2-7H,1H3. The van der Waals surface area contributed by atoms with Gasteiger partial charge >= 0.3 is 0 Å². The lowest BCUT2D eigenvalue weighted by Gasteiger charge is -2.01. The number of carbonyl (C=O) groups excluding carboxylic acids is 1. The Hall–Kier alpha value is -2.02. The molecule has 1 aromatic rings. The van der Waals surface area contributed by atoms with E-state index < -0.39 is 14.8 Å².